The van der Waals surface area contributed by atoms with E-state index in [0.29, 0.717) is 12.6 Å². The Morgan fingerprint density at radius 2 is 1.90 bits per heavy atom. The van der Waals surface area contributed by atoms with Crippen molar-refractivity contribution in [1.82, 2.24) is 30.1 Å². The lowest BCUT2D eigenvalue weighted by Crippen LogP contribution is -2.50. The van der Waals surface area contributed by atoms with Crippen molar-refractivity contribution in [3.8, 4) is 0 Å². The van der Waals surface area contributed by atoms with E-state index in [1.807, 2.05) is 37.5 Å². The first kappa shape index (κ1) is 20.9. The fourth-order valence-corrected chi connectivity index (χ4v) is 4.58. The van der Waals surface area contributed by atoms with Crippen LogP contribution in [0.2, 0.25) is 0 Å². The highest BCUT2D eigenvalue weighted by Crippen LogP contribution is 2.24. The molecule has 0 aliphatic carbocycles. The average molecular weight is 409 g/mol. The Morgan fingerprint density at radius 1 is 1.10 bits per heavy atom. The highest BCUT2D eigenvalue weighted by molar-refractivity contribution is 5.78. The number of pyridine rings is 1. The smallest absolute Gasteiger partial charge is 0.224 e. The zero-order chi connectivity index (χ0) is 20.8. The van der Waals surface area contributed by atoms with Crippen molar-refractivity contribution in [3.63, 3.8) is 0 Å². The maximum atomic E-state index is 12.7. The van der Waals surface area contributed by atoms with Gasteiger partial charge >= 0.3 is 0 Å². The molecule has 7 heteroatoms. The summed E-state index contributed by atoms with van der Waals surface area (Å²) in [5, 5.41) is 3.08. The number of rotatable bonds is 6. The number of carbonyl (C=O) groups excluding carboxylic acids is 1. The first-order chi connectivity index (χ1) is 14.7. The first-order valence-corrected chi connectivity index (χ1v) is 11.1. The zero-order valence-electron chi connectivity index (χ0n) is 17.8. The van der Waals surface area contributed by atoms with Crippen molar-refractivity contribution in [2.24, 2.45) is 5.92 Å². The molecule has 1 atom stereocenters. The van der Waals surface area contributed by atoms with Crippen LogP contribution in [0.15, 0.2) is 36.8 Å². The van der Waals surface area contributed by atoms with Gasteiger partial charge in [-0.3, -0.25) is 19.6 Å². The first-order valence-electron chi connectivity index (χ1n) is 11.1. The Bertz CT molecular complexity index is 804. The number of nitrogens with one attached hydrogen (secondary N) is 1. The molecule has 160 valence electrons. The lowest BCUT2D eigenvalue weighted by Gasteiger charge is -2.42. The van der Waals surface area contributed by atoms with Crippen LogP contribution in [0.5, 0.6) is 0 Å². The summed E-state index contributed by atoms with van der Waals surface area (Å²) in [6, 6.07) is 6.38. The highest BCUT2D eigenvalue weighted by Gasteiger charge is 2.31. The largest absolute Gasteiger partial charge is 0.350 e. The zero-order valence-corrected chi connectivity index (χ0v) is 17.8. The average Bonchev–Trinajstić information content (AvgIpc) is 2.80. The number of likely N-dealkylation sites (tertiary alicyclic amines) is 2. The van der Waals surface area contributed by atoms with E-state index in [-0.39, 0.29) is 11.8 Å². The van der Waals surface area contributed by atoms with Gasteiger partial charge in [-0.05, 0) is 64.4 Å². The SMILES string of the molecule is Cc1ncc(CN2CCC(N3CCC[C@@H](C(=O)NCc4ccccn4)C3)CC2)cn1. The number of piperidine rings is 2. The van der Waals surface area contributed by atoms with Crippen LogP contribution < -0.4 is 5.32 Å². The minimum atomic E-state index is 0.0881. The van der Waals surface area contributed by atoms with E-state index in [2.05, 4.69) is 30.1 Å². The second kappa shape index (κ2) is 10.1. The molecule has 2 aliphatic rings. The van der Waals surface area contributed by atoms with Crippen LogP contribution in [-0.2, 0) is 17.9 Å². The lowest BCUT2D eigenvalue weighted by molar-refractivity contribution is -0.127. The summed E-state index contributed by atoms with van der Waals surface area (Å²) < 4.78 is 0. The van der Waals surface area contributed by atoms with Gasteiger partial charge in [0.15, 0.2) is 0 Å². The quantitative estimate of drug-likeness (QED) is 0.790. The molecule has 7 nitrogen and oxygen atoms in total. The topological polar surface area (TPSA) is 74.2 Å². The fourth-order valence-electron chi connectivity index (χ4n) is 4.58. The van der Waals surface area contributed by atoms with Crippen LogP contribution in [0.4, 0.5) is 0 Å². The van der Waals surface area contributed by atoms with Crippen LogP contribution in [0.25, 0.3) is 0 Å². The predicted octanol–water partition coefficient (Wildman–Crippen LogP) is 2.17. The molecule has 2 fully saturated rings. The molecule has 2 aliphatic heterocycles. The molecule has 4 heterocycles. The molecule has 2 saturated heterocycles. The number of carbonyl (C=O) groups is 1. The molecular weight excluding hydrogens is 376 g/mol. The Morgan fingerprint density at radius 3 is 2.63 bits per heavy atom. The summed E-state index contributed by atoms with van der Waals surface area (Å²) in [6.07, 6.45) is 10.0. The van der Waals surface area contributed by atoms with E-state index < -0.39 is 0 Å². The summed E-state index contributed by atoms with van der Waals surface area (Å²) in [5.41, 5.74) is 2.09. The third-order valence-electron chi connectivity index (χ3n) is 6.31. The number of aryl methyl sites for hydroxylation is 1. The number of amides is 1. The maximum absolute atomic E-state index is 12.7. The van der Waals surface area contributed by atoms with Crippen LogP contribution in [0, 0.1) is 12.8 Å². The normalized spacial score (nSPS) is 21.4. The summed E-state index contributed by atoms with van der Waals surface area (Å²) in [4.78, 5) is 30.6. The van der Waals surface area contributed by atoms with E-state index in [1.165, 1.54) is 5.56 Å². The number of aromatic nitrogens is 3. The van der Waals surface area contributed by atoms with Gasteiger partial charge < -0.3 is 5.32 Å². The second-order valence-corrected chi connectivity index (χ2v) is 8.52. The van der Waals surface area contributed by atoms with E-state index in [9.17, 15) is 4.79 Å². The van der Waals surface area contributed by atoms with Crippen molar-refractivity contribution >= 4 is 5.91 Å². The van der Waals surface area contributed by atoms with Crippen LogP contribution >= 0.6 is 0 Å². The molecule has 0 radical (unpaired) electrons. The molecule has 2 aromatic heterocycles. The molecule has 0 spiro atoms. The van der Waals surface area contributed by atoms with Gasteiger partial charge in [0.1, 0.15) is 5.82 Å². The number of nitrogens with zero attached hydrogens (tertiary/aromatic N) is 5. The third kappa shape index (κ3) is 5.61. The minimum absolute atomic E-state index is 0.0881. The molecule has 0 unspecified atom stereocenters. The van der Waals surface area contributed by atoms with Gasteiger partial charge in [0.2, 0.25) is 5.91 Å². The molecule has 1 amide bonds. The van der Waals surface area contributed by atoms with Crippen LogP contribution in [0.1, 0.15) is 42.8 Å². The highest BCUT2D eigenvalue weighted by atomic mass is 16.1. The van der Waals surface area contributed by atoms with Gasteiger partial charge in [-0.15, -0.1) is 0 Å². The van der Waals surface area contributed by atoms with Gasteiger partial charge in [-0.25, -0.2) is 9.97 Å². The molecular formula is C23H32N6O. The molecule has 30 heavy (non-hydrogen) atoms. The Kier molecular flexibility index (Phi) is 7.02. The Labute approximate surface area is 178 Å². The second-order valence-electron chi connectivity index (χ2n) is 8.52. The van der Waals surface area contributed by atoms with Crippen LogP contribution in [-0.4, -0.2) is 62.9 Å². The van der Waals surface area contributed by atoms with E-state index >= 15 is 0 Å². The number of hydrogen-bond acceptors (Lipinski definition) is 6. The number of hydrogen-bond donors (Lipinski definition) is 1. The molecule has 1 N–H and O–H groups in total. The Balaban J connectivity index is 1.23. The summed E-state index contributed by atoms with van der Waals surface area (Å²) in [6.45, 7) is 7.52. The molecule has 0 saturated carbocycles. The minimum Gasteiger partial charge on any atom is -0.350 e. The third-order valence-corrected chi connectivity index (χ3v) is 6.31. The molecule has 0 bridgehead atoms. The lowest BCUT2D eigenvalue weighted by atomic mass is 9.93. The van der Waals surface area contributed by atoms with Gasteiger partial charge in [0.25, 0.3) is 0 Å². The monoisotopic (exact) mass is 408 g/mol. The van der Waals surface area contributed by atoms with E-state index in [1.54, 1.807) is 6.20 Å². The van der Waals surface area contributed by atoms with Gasteiger partial charge in [0.05, 0.1) is 18.2 Å². The van der Waals surface area contributed by atoms with Crippen LogP contribution in [0.3, 0.4) is 0 Å². The van der Waals surface area contributed by atoms with Crippen molar-refractivity contribution in [2.45, 2.75) is 51.7 Å². The van der Waals surface area contributed by atoms with Gasteiger partial charge in [-0.1, -0.05) is 6.07 Å². The summed E-state index contributed by atoms with van der Waals surface area (Å²) >= 11 is 0. The van der Waals surface area contributed by atoms with Crippen molar-refractivity contribution < 1.29 is 4.79 Å². The predicted molar refractivity (Wildman–Crippen MR) is 115 cm³/mol. The maximum Gasteiger partial charge on any atom is 0.224 e. The molecule has 2 aromatic rings. The van der Waals surface area contributed by atoms with Crippen molar-refractivity contribution in [1.29, 1.82) is 0 Å². The Hall–Kier alpha value is -2.38. The van der Waals surface area contributed by atoms with Crippen molar-refractivity contribution in [3.05, 3.63) is 53.9 Å². The van der Waals surface area contributed by atoms with E-state index in [4.69, 9.17) is 0 Å². The fraction of sp³-hybridized carbons (Fsp3) is 0.565. The summed E-state index contributed by atoms with van der Waals surface area (Å²) in [5.74, 6) is 1.08. The van der Waals surface area contributed by atoms with Crippen molar-refractivity contribution in [2.75, 3.05) is 26.2 Å². The molecule has 0 aromatic carbocycles. The van der Waals surface area contributed by atoms with E-state index in [0.717, 1.165) is 69.9 Å². The standard InChI is InChI=1S/C23H32N6O/c1-18-25-13-19(14-26-18)16-28-11-7-22(8-12-28)29-10-4-5-20(17-29)23(30)27-15-21-6-2-3-9-24-21/h2-3,6,9,13-14,20,22H,4-5,7-8,10-12,15-17H2,1H3,(H,27,30)/t20-/m1/s1. The summed E-state index contributed by atoms with van der Waals surface area (Å²) in [7, 11) is 0. The van der Waals surface area contributed by atoms with Gasteiger partial charge in [0, 0.05) is 43.3 Å². The van der Waals surface area contributed by atoms with Gasteiger partial charge in [-0.2, -0.15) is 0 Å². The molecule has 4 rings (SSSR count).